The molecule has 11 heteroatoms. The zero-order valence-corrected chi connectivity index (χ0v) is 22.3. The van der Waals surface area contributed by atoms with Crippen LogP contribution in [0.1, 0.15) is 23.0 Å². The highest BCUT2D eigenvalue weighted by atomic mass is 19.1. The summed E-state index contributed by atoms with van der Waals surface area (Å²) < 4.78 is 23.7. The van der Waals surface area contributed by atoms with Crippen molar-refractivity contribution >= 4 is 17.4 Å². The Hall–Kier alpha value is -4.48. The van der Waals surface area contributed by atoms with E-state index in [9.17, 15) is 14.0 Å². The first-order valence-corrected chi connectivity index (χ1v) is 12.4. The number of nitrogens with one attached hydrogen (secondary N) is 2. The predicted octanol–water partition coefficient (Wildman–Crippen LogP) is 3.71. The standard InChI is InChI=1S/C28H32FN7O3/c1-18(30)16-34(3)17-32-25-15-22(12-13-31-25)39-24-11-10-20(14-23(24)29)33-27(37)26-19(2)35(4)36(28(26)38)21-8-6-5-7-9-21/h5-15,18H,16-17,30H2,1-4H3,(H,31,32)(H,33,37). The van der Waals surface area contributed by atoms with Crippen LogP contribution in [0.3, 0.4) is 0 Å². The fourth-order valence-corrected chi connectivity index (χ4v) is 4.16. The van der Waals surface area contributed by atoms with Gasteiger partial charge in [0.25, 0.3) is 11.5 Å². The van der Waals surface area contributed by atoms with Gasteiger partial charge >= 0.3 is 0 Å². The van der Waals surface area contributed by atoms with Crippen LogP contribution >= 0.6 is 0 Å². The van der Waals surface area contributed by atoms with Crippen molar-refractivity contribution in [1.29, 1.82) is 0 Å². The largest absolute Gasteiger partial charge is 0.454 e. The van der Waals surface area contributed by atoms with Gasteiger partial charge in [-0.25, -0.2) is 14.1 Å². The maximum atomic E-state index is 14.9. The van der Waals surface area contributed by atoms with Gasteiger partial charge in [0.05, 0.1) is 18.1 Å². The zero-order chi connectivity index (χ0) is 28.1. The number of aromatic nitrogens is 3. The molecule has 0 fully saturated rings. The molecule has 2 aromatic heterocycles. The van der Waals surface area contributed by atoms with E-state index in [-0.39, 0.29) is 23.0 Å². The Balaban J connectivity index is 1.46. The fraction of sp³-hybridized carbons (Fsp3) is 0.250. The number of hydrogen-bond acceptors (Lipinski definition) is 7. The van der Waals surface area contributed by atoms with Crippen molar-refractivity contribution in [2.75, 3.05) is 30.9 Å². The molecule has 10 nitrogen and oxygen atoms in total. The third-order valence-corrected chi connectivity index (χ3v) is 6.06. The third kappa shape index (κ3) is 6.51. The number of ether oxygens (including phenoxy) is 1. The van der Waals surface area contributed by atoms with Crippen LogP contribution in [0.4, 0.5) is 15.9 Å². The summed E-state index contributed by atoms with van der Waals surface area (Å²) in [6.07, 6.45) is 1.56. The number of benzene rings is 2. The van der Waals surface area contributed by atoms with Crippen LogP contribution in [0.15, 0.2) is 71.7 Å². The lowest BCUT2D eigenvalue weighted by atomic mass is 10.2. The number of likely N-dealkylation sites (N-methyl/N-ethyl adjacent to an activating group) is 1. The molecule has 0 aliphatic heterocycles. The Kier molecular flexibility index (Phi) is 8.43. The molecule has 2 aromatic carbocycles. The number of rotatable bonds is 10. The Bertz CT molecular complexity index is 1520. The van der Waals surface area contributed by atoms with E-state index in [1.165, 1.54) is 16.8 Å². The van der Waals surface area contributed by atoms with Crippen LogP contribution in [-0.2, 0) is 7.05 Å². The van der Waals surface area contributed by atoms with E-state index in [1.54, 1.807) is 49.1 Å². The Morgan fingerprint density at radius 3 is 2.62 bits per heavy atom. The number of nitrogens with zero attached hydrogens (tertiary/aromatic N) is 4. The van der Waals surface area contributed by atoms with Gasteiger partial charge in [0.1, 0.15) is 17.1 Å². The minimum absolute atomic E-state index is 0.0227. The maximum Gasteiger partial charge on any atom is 0.284 e. The van der Waals surface area contributed by atoms with Crippen LogP contribution in [0, 0.1) is 12.7 Å². The molecule has 0 spiro atoms. The molecule has 0 bridgehead atoms. The molecule has 4 rings (SSSR count). The summed E-state index contributed by atoms with van der Waals surface area (Å²) in [5, 5.41) is 5.79. The molecule has 0 radical (unpaired) electrons. The Labute approximate surface area is 225 Å². The second kappa shape index (κ2) is 11.9. The molecule has 4 N–H and O–H groups in total. The molecule has 4 aromatic rings. The number of carbonyl (C=O) groups is 1. The van der Waals surface area contributed by atoms with E-state index in [0.717, 1.165) is 6.07 Å². The van der Waals surface area contributed by atoms with Crippen molar-refractivity contribution < 1.29 is 13.9 Å². The van der Waals surface area contributed by atoms with E-state index in [1.807, 2.05) is 37.1 Å². The lowest BCUT2D eigenvalue weighted by Crippen LogP contribution is -2.35. The van der Waals surface area contributed by atoms with Crippen molar-refractivity contribution in [3.8, 4) is 17.2 Å². The summed E-state index contributed by atoms with van der Waals surface area (Å²) in [6.45, 7) is 4.85. The van der Waals surface area contributed by atoms with Crippen LogP contribution in [0.5, 0.6) is 11.5 Å². The molecule has 204 valence electrons. The van der Waals surface area contributed by atoms with Gasteiger partial charge in [-0.2, -0.15) is 0 Å². The second-order valence-corrected chi connectivity index (χ2v) is 9.37. The summed E-state index contributed by atoms with van der Waals surface area (Å²) in [5.74, 6) is -0.384. The molecule has 0 aliphatic carbocycles. The van der Waals surface area contributed by atoms with Gasteiger partial charge in [0.15, 0.2) is 11.6 Å². The van der Waals surface area contributed by atoms with E-state index < -0.39 is 17.3 Å². The normalized spacial score (nSPS) is 11.9. The molecule has 0 saturated heterocycles. The first-order chi connectivity index (χ1) is 18.6. The van der Waals surface area contributed by atoms with Crippen molar-refractivity contribution in [2.45, 2.75) is 19.9 Å². The average molecular weight is 534 g/mol. The molecular weight excluding hydrogens is 501 g/mol. The Morgan fingerprint density at radius 2 is 1.92 bits per heavy atom. The first-order valence-electron chi connectivity index (χ1n) is 12.4. The van der Waals surface area contributed by atoms with Crippen molar-refractivity contribution in [1.82, 2.24) is 19.2 Å². The van der Waals surface area contributed by atoms with Gasteiger partial charge < -0.3 is 21.1 Å². The summed E-state index contributed by atoms with van der Waals surface area (Å²) in [5.41, 5.74) is 6.62. The smallest absolute Gasteiger partial charge is 0.284 e. The molecule has 0 saturated carbocycles. The fourth-order valence-electron chi connectivity index (χ4n) is 4.16. The van der Waals surface area contributed by atoms with Crippen LogP contribution in [0.25, 0.3) is 5.69 Å². The number of anilines is 2. The van der Waals surface area contributed by atoms with Gasteiger partial charge in [-0.05, 0) is 51.2 Å². The molecule has 39 heavy (non-hydrogen) atoms. The maximum absolute atomic E-state index is 14.9. The summed E-state index contributed by atoms with van der Waals surface area (Å²) in [4.78, 5) is 32.4. The average Bonchev–Trinajstić information content (AvgIpc) is 3.12. The summed E-state index contributed by atoms with van der Waals surface area (Å²) >= 11 is 0. The minimum Gasteiger partial charge on any atom is -0.454 e. The lowest BCUT2D eigenvalue weighted by Gasteiger charge is -2.19. The predicted molar refractivity (Wildman–Crippen MR) is 149 cm³/mol. The van der Waals surface area contributed by atoms with E-state index >= 15 is 0 Å². The van der Waals surface area contributed by atoms with Gasteiger partial charge in [0.2, 0.25) is 0 Å². The number of amides is 1. The van der Waals surface area contributed by atoms with Crippen molar-refractivity contribution in [3.05, 3.63) is 94.3 Å². The highest BCUT2D eigenvalue weighted by molar-refractivity contribution is 6.05. The van der Waals surface area contributed by atoms with E-state index in [4.69, 9.17) is 10.5 Å². The van der Waals surface area contributed by atoms with Gasteiger partial charge in [-0.1, -0.05) is 18.2 Å². The highest BCUT2D eigenvalue weighted by Gasteiger charge is 2.22. The van der Waals surface area contributed by atoms with Crippen LogP contribution < -0.4 is 26.7 Å². The van der Waals surface area contributed by atoms with Gasteiger partial charge in [-0.15, -0.1) is 0 Å². The van der Waals surface area contributed by atoms with E-state index in [2.05, 4.69) is 15.6 Å². The third-order valence-electron chi connectivity index (χ3n) is 6.06. The highest BCUT2D eigenvalue weighted by Crippen LogP contribution is 2.28. The molecule has 1 unspecified atom stereocenters. The lowest BCUT2D eigenvalue weighted by molar-refractivity contribution is 0.102. The number of nitrogens with two attached hydrogens (primary N) is 1. The monoisotopic (exact) mass is 533 g/mol. The number of carbonyl (C=O) groups excluding carboxylic acids is 1. The minimum atomic E-state index is -0.678. The topological polar surface area (TPSA) is 119 Å². The SMILES string of the molecule is Cc1c(C(=O)Nc2ccc(Oc3ccnc(NCN(C)CC(C)N)c3)c(F)c2)c(=O)n(-c2ccccc2)n1C. The van der Waals surface area contributed by atoms with E-state index in [0.29, 0.717) is 36.2 Å². The molecule has 1 atom stereocenters. The quantitative estimate of drug-likeness (QED) is 0.266. The number of hydrogen-bond donors (Lipinski definition) is 3. The number of pyridine rings is 1. The molecule has 1 amide bonds. The van der Waals surface area contributed by atoms with Crippen LogP contribution in [-0.4, -0.2) is 51.5 Å². The summed E-state index contributed by atoms with van der Waals surface area (Å²) in [6, 6.07) is 16.4. The summed E-state index contributed by atoms with van der Waals surface area (Å²) in [7, 11) is 3.63. The molecule has 2 heterocycles. The zero-order valence-electron chi connectivity index (χ0n) is 22.3. The van der Waals surface area contributed by atoms with Gasteiger partial charge in [-0.3, -0.25) is 19.2 Å². The van der Waals surface area contributed by atoms with Gasteiger partial charge in [0, 0.05) is 43.7 Å². The Morgan fingerprint density at radius 1 is 1.18 bits per heavy atom. The van der Waals surface area contributed by atoms with Crippen LogP contribution in [0.2, 0.25) is 0 Å². The molecular formula is C28H32FN7O3. The second-order valence-electron chi connectivity index (χ2n) is 9.37. The first kappa shape index (κ1) is 27.6. The van der Waals surface area contributed by atoms with Crippen molar-refractivity contribution in [2.24, 2.45) is 12.8 Å². The number of para-hydroxylation sites is 1. The van der Waals surface area contributed by atoms with Crippen molar-refractivity contribution in [3.63, 3.8) is 0 Å². The molecule has 0 aliphatic rings. The number of halogens is 1.